The Hall–Kier alpha value is -3.45. The molecule has 2 heterocycles. The van der Waals surface area contributed by atoms with Gasteiger partial charge in [0.2, 0.25) is 0 Å². The quantitative estimate of drug-likeness (QED) is 0.356. The topological polar surface area (TPSA) is 81.1 Å². The van der Waals surface area contributed by atoms with Crippen molar-refractivity contribution in [2.75, 3.05) is 31.2 Å². The predicted molar refractivity (Wildman–Crippen MR) is 112 cm³/mol. The van der Waals surface area contributed by atoms with E-state index in [0.717, 1.165) is 43.1 Å². The van der Waals surface area contributed by atoms with Crippen LogP contribution in [-0.2, 0) is 4.74 Å². The average Bonchev–Trinajstić information content (AvgIpc) is 3.22. The lowest BCUT2D eigenvalue weighted by Gasteiger charge is -2.28. The fourth-order valence-electron chi connectivity index (χ4n) is 3.31. The fourth-order valence-corrected chi connectivity index (χ4v) is 3.31. The van der Waals surface area contributed by atoms with Gasteiger partial charge >= 0.3 is 0 Å². The number of nitrogens with zero attached hydrogens (tertiary/aromatic N) is 3. The Morgan fingerprint density at radius 2 is 1.83 bits per heavy atom. The van der Waals surface area contributed by atoms with E-state index in [1.165, 1.54) is 11.8 Å². The van der Waals surface area contributed by atoms with Crippen LogP contribution in [0.15, 0.2) is 64.0 Å². The van der Waals surface area contributed by atoms with E-state index in [4.69, 9.17) is 9.15 Å². The van der Waals surface area contributed by atoms with Crippen LogP contribution in [0.1, 0.15) is 11.3 Å². The Morgan fingerprint density at radius 1 is 1.07 bits per heavy atom. The first kappa shape index (κ1) is 18.9. The molecule has 3 aromatic rings. The van der Waals surface area contributed by atoms with E-state index < -0.39 is 4.92 Å². The highest BCUT2D eigenvalue weighted by atomic mass is 16.6. The number of rotatable bonds is 5. The van der Waals surface area contributed by atoms with E-state index in [1.54, 1.807) is 18.3 Å². The third-order valence-electron chi connectivity index (χ3n) is 4.88. The predicted octanol–water partition coefficient (Wildman–Crippen LogP) is 4.75. The Labute approximate surface area is 168 Å². The summed E-state index contributed by atoms with van der Waals surface area (Å²) >= 11 is 0. The smallest absolute Gasteiger partial charge is 0.269 e. The summed E-state index contributed by atoms with van der Waals surface area (Å²) in [7, 11) is 0. The van der Waals surface area contributed by atoms with Gasteiger partial charge in [0.15, 0.2) is 0 Å². The first-order chi connectivity index (χ1) is 14.1. The summed E-state index contributed by atoms with van der Waals surface area (Å²) in [5.74, 6) is 1.27. The molecular weight excluding hydrogens is 370 g/mol. The third kappa shape index (κ3) is 4.35. The number of non-ortho nitro benzene ring substituents is 1. The van der Waals surface area contributed by atoms with Crippen molar-refractivity contribution in [3.63, 3.8) is 0 Å². The molecule has 29 heavy (non-hydrogen) atoms. The highest BCUT2D eigenvalue weighted by molar-refractivity contribution is 5.80. The molecule has 0 amide bonds. The van der Waals surface area contributed by atoms with Gasteiger partial charge in [-0.2, -0.15) is 0 Å². The van der Waals surface area contributed by atoms with Gasteiger partial charge in [0.1, 0.15) is 11.5 Å². The van der Waals surface area contributed by atoms with Crippen molar-refractivity contribution in [3.05, 3.63) is 76.0 Å². The van der Waals surface area contributed by atoms with Gasteiger partial charge in [0, 0.05) is 36.5 Å². The lowest BCUT2D eigenvalue weighted by atomic mass is 10.1. The molecule has 148 valence electrons. The molecule has 0 unspecified atom stereocenters. The first-order valence-corrected chi connectivity index (χ1v) is 9.42. The van der Waals surface area contributed by atoms with E-state index in [0.29, 0.717) is 11.5 Å². The monoisotopic (exact) mass is 391 g/mol. The maximum atomic E-state index is 10.9. The number of furan rings is 1. The maximum absolute atomic E-state index is 10.9. The Kier molecular flexibility index (Phi) is 5.39. The molecule has 7 nitrogen and oxygen atoms in total. The molecule has 4 rings (SSSR count). The van der Waals surface area contributed by atoms with Gasteiger partial charge in [0.05, 0.1) is 30.0 Å². The number of morpholine rings is 1. The zero-order valence-electron chi connectivity index (χ0n) is 16.1. The van der Waals surface area contributed by atoms with Crippen molar-refractivity contribution in [2.24, 2.45) is 4.99 Å². The summed E-state index contributed by atoms with van der Waals surface area (Å²) in [4.78, 5) is 17.3. The SMILES string of the molecule is Cc1cc([N+](=O)[O-])ccc1-c1ccc(C=Nc2ccc(N3CCOCC3)cc2)o1. The number of hydrogen-bond acceptors (Lipinski definition) is 6. The van der Waals surface area contributed by atoms with Crippen LogP contribution >= 0.6 is 0 Å². The van der Waals surface area contributed by atoms with Gasteiger partial charge in [-0.15, -0.1) is 0 Å². The van der Waals surface area contributed by atoms with Crippen LogP contribution < -0.4 is 4.90 Å². The first-order valence-electron chi connectivity index (χ1n) is 9.42. The second-order valence-corrected chi connectivity index (χ2v) is 6.83. The van der Waals surface area contributed by atoms with Gasteiger partial charge < -0.3 is 14.1 Å². The van der Waals surface area contributed by atoms with Gasteiger partial charge in [-0.25, -0.2) is 0 Å². The largest absolute Gasteiger partial charge is 0.455 e. The number of aliphatic imine (C=N–C) groups is 1. The third-order valence-corrected chi connectivity index (χ3v) is 4.88. The molecule has 0 atom stereocenters. The number of hydrogen-bond donors (Lipinski definition) is 0. The minimum absolute atomic E-state index is 0.0696. The van der Waals surface area contributed by atoms with E-state index in [1.807, 2.05) is 31.2 Å². The van der Waals surface area contributed by atoms with E-state index in [9.17, 15) is 10.1 Å². The van der Waals surface area contributed by atoms with Gasteiger partial charge in [-0.05, 0) is 55.0 Å². The minimum Gasteiger partial charge on any atom is -0.455 e. The highest BCUT2D eigenvalue weighted by Crippen LogP contribution is 2.28. The Bertz CT molecular complexity index is 1030. The van der Waals surface area contributed by atoms with Crippen LogP contribution in [0, 0.1) is 17.0 Å². The van der Waals surface area contributed by atoms with E-state index in [-0.39, 0.29) is 5.69 Å². The summed E-state index contributed by atoms with van der Waals surface area (Å²) in [6.07, 6.45) is 1.67. The minimum atomic E-state index is -0.401. The summed E-state index contributed by atoms with van der Waals surface area (Å²) in [5.41, 5.74) is 3.69. The summed E-state index contributed by atoms with van der Waals surface area (Å²) in [6.45, 7) is 5.15. The van der Waals surface area contributed by atoms with Crippen LogP contribution in [0.25, 0.3) is 11.3 Å². The molecular formula is C22H21N3O4. The highest BCUT2D eigenvalue weighted by Gasteiger charge is 2.12. The molecule has 0 radical (unpaired) electrons. The molecule has 1 saturated heterocycles. The standard InChI is InChI=1S/C22H21N3O4/c1-16-14-19(25(26)27)6-8-21(16)22-9-7-20(29-22)15-23-17-2-4-18(5-3-17)24-10-12-28-13-11-24/h2-9,14-15H,10-13H2,1H3. The van der Waals surface area contributed by atoms with Crippen LogP contribution in [-0.4, -0.2) is 37.4 Å². The number of nitro benzene ring substituents is 1. The molecule has 7 heteroatoms. The van der Waals surface area contributed by atoms with Crippen molar-refractivity contribution >= 4 is 23.3 Å². The van der Waals surface area contributed by atoms with Crippen LogP contribution in [0.5, 0.6) is 0 Å². The van der Waals surface area contributed by atoms with Crippen molar-refractivity contribution in [3.8, 4) is 11.3 Å². The van der Waals surface area contributed by atoms with Crippen molar-refractivity contribution in [1.82, 2.24) is 0 Å². The summed E-state index contributed by atoms with van der Waals surface area (Å²) in [6, 6.07) is 16.5. The van der Waals surface area contributed by atoms with Gasteiger partial charge in [-0.1, -0.05) is 0 Å². The summed E-state index contributed by atoms with van der Waals surface area (Å²) < 4.78 is 11.2. The molecule has 0 N–H and O–H groups in total. The molecule has 0 aliphatic carbocycles. The molecule has 0 bridgehead atoms. The second kappa shape index (κ2) is 8.28. The average molecular weight is 391 g/mol. The number of ether oxygens (including phenoxy) is 1. The van der Waals surface area contributed by atoms with Crippen LogP contribution in [0.2, 0.25) is 0 Å². The van der Waals surface area contributed by atoms with Gasteiger partial charge in [0.25, 0.3) is 5.69 Å². The Balaban J connectivity index is 1.46. The molecule has 0 spiro atoms. The van der Waals surface area contributed by atoms with Crippen molar-refractivity contribution < 1.29 is 14.1 Å². The zero-order valence-corrected chi connectivity index (χ0v) is 16.1. The number of anilines is 1. The maximum Gasteiger partial charge on any atom is 0.269 e. The molecule has 1 aliphatic heterocycles. The van der Waals surface area contributed by atoms with Crippen molar-refractivity contribution in [2.45, 2.75) is 6.92 Å². The number of nitro groups is 1. The lowest BCUT2D eigenvalue weighted by molar-refractivity contribution is -0.384. The summed E-state index contributed by atoms with van der Waals surface area (Å²) in [5, 5.41) is 10.9. The normalized spacial score (nSPS) is 14.4. The van der Waals surface area contributed by atoms with E-state index >= 15 is 0 Å². The Morgan fingerprint density at radius 3 is 2.52 bits per heavy atom. The molecule has 1 aliphatic rings. The van der Waals surface area contributed by atoms with Crippen LogP contribution in [0.3, 0.4) is 0 Å². The molecule has 0 saturated carbocycles. The van der Waals surface area contributed by atoms with Crippen molar-refractivity contribution in [1.29, 1.82) is 0 Å². The lowest BCUT2D eigenvalue weighted by Crippen LogP contribution is -2.36. The number of aryl methyl sites for hydroxylation is 1. The number of benzene rings is 2. The molecule has 1 fully saturated rings. The van der Waals surface area contributed by atoms with E-state index in [2.05, 4.69) is 22.0 Å². The van der Waals surface area contributed by atoms with Crippen LogP contribution in [0.4, 0.5) is 17.1 Å². The molecule has 1 aromatic heterocycles. The molecule has 2 aromatic carbocycles. The fraction of sp³-hybridized carbons (Fsp3) is 0.227. The van der Waals surface area contributed by atoms with Gasteiger partial charge in [-0.3, -0.25) is 15.1 Å². The second-order valence-electron chi connectivity index (χ2n) is 6.83. The zero-order chi connectivity index (χ0) is 20.2.